The van der Waals surface area contributed by atoms with E-state index in [0.717, 1.165) is 36.6 Å². The first-order chi connectivity index (χ1) is 12.7. The molecule has 26 heavy (non-hydrogen) atoms. The minimum absolute atomic E-state index is 0.0907. The standard InChI is InChI=1S/C21H26ClN3O/c1-2-23-21(26)20-12-19(24-13-17-9-6-10-18(22)11-17)15-25(20)14-16-7-4-3-5-8-16/h3-11,19-20,24H,2,12-15H2,1H3,(H,23,26)/t19-,20-/m0/s1. The van der Waals surface area contributed by atoms with Gasteiger partial charge in [-0.3, -0.25) is 9.69 Å². The molecule has 5 heteroatoms. The summed E-state index contributed by atoms with van der Waals surface area (Å²) in [6.45, 7) is 5.03. The third-order valence-electron chi connectivity index (χ3n) is 4.77. The van der Waals surface area contributed by atoms with Crippen molar-refractivity contribution in [3.63, 3.8) is 0 Å². The molecule has 0 aliphatic carbocycles. The molecule has 1 aliphatic heterocycles. The summed E-state index contributed by atoms with van der Waals surface area (Å²) in [6.07, 6.45) is 0.819. The molecule has 0 unspecified atom stereocenters. The Labute approximate surface area is 160 Å². The molecule has 2 atom stereocenters. The van der Waals surface area contributed by atoms with Gasteiger partial charge in [0.15, 0.2) is 0 Å². The maximum absolute atomic E-state index is 12.5. The van der Waals surface area contributed by atoms with Gasteiger partial charge in [-0.15, -0.1) is 0 Å². The van der Waals surface area contributed by atoms with Crippen molar-refractivity contribution < 1.29 is 4.79 Å². The van der Waals surface area contributed by atoms with Gasteiger partial charge in [-0.05, 0) is 36.6 Å². The van der Waals surface area contributed by atoms with E-state index in [1.165, 1.54) is 5.56 Å². The predicted molar refractivity (Wildman–Crippen MR) is 106 cm³/mol. The second kappa shape index (κ2) is 9.17. The van der Waals surface area contributed by atoms with E-state index < -0.39 is 0 Å². The van der Waals surface area contributed by atoms with Crippen molar-refractivity contribution in [3.8, 4) is 0 Å². The van der Waals surface area contributed by atoms with Crippen LogP contribution in [0.2, 0.25) is 5.02 Å². The van der Waals surface area contributed by atoms with Crippen LogP contribution in [0.4, 0.5) is 0 Å². The van der Waals surface area contributed by atoms with Crippen LogP contribution in [0.1, 0.15) is 24.5 Å². The monoisotopic (exact) mass is 371 g/mol. The lowest BCUT2D eigenvalue weighted by molar-refractivity contribution is -0.125. The minimum Gasteiger partial charge on any atom is -0.355 e. The Morgan fingerprint density at radius 2 is 1.92 bits per heavy atom. The average molecular weight is 372 g/mol. The van der Waals surface area contributed by atoms with E-state index in [1.807, 2.05) is 43.3 Å². The average Bonchev–Trinajstić information content (AvgIpc) is 3.04. The molecule has 0 saturated carbocycles. The lowest BCUT2D eigenvalue weighted by atomic mass is 10.1. The van der Waals surface area contributed by atoms with Gasteiger partial charge < -0.3 is 10.6 Å². The molecular weight excluding hydrogens is 346 g/mol. The number of halogens is 1. The number of likely N-dealkylation sites (N-methyl/N-ethyl adjacent to an activating group) is 1. The first-order valence-corrected chi connectivity index (χ1v) is 9.57. The van der Waals surface area contributed by atoms with Gasteiger partial charge >= 0.3 is 0 Å². The maximum atomic E-state index is 12.5. The maximum Gasteiger partial charge on any atom is 0.237 e. The van der Waals surface area contributed by atoms with Crippen LogP contribution in [-0.2, 0) is 17.9 Å². The van der Waals surface area contributed by atoms with E-state index in [2.05, 4.69) is 33.7 Å². The number of nitrogens with one attached hydrogen (secondary N) is 2. The van der Waals surface area contributed by atoms with Crippen molar-refractivity contribution in [2.24, 2.45) is 0 Å². The first-order valence-electron chi connectivity index (χ1n) is 9.19. The fraction of sp³-hybridized carbons (Fsp3) is 0.381. The molecule has 1 aliphatic rings. The van der Waals surface area contributed by atoms with Crippen molar-refractivity contribution in [1.29, 1.82) is 0 Å². The first kappa shape index (κ1) is 18.9. The Morgan fingerprint density at radius 3 is 2.65 bits per heavy atom. The van der Waals surface area contributed by atoms with Gasteiger partial charge in [-0.1, -0.05) is 54.1 Å². The van der Waals surface area contributed by atoms with E-state index in [4.69, 9.17) is 11.6 Å². The van der Waals surface area contributed by atoms with E-state index >= 15 is 0 Å². The van der Waals surface area contributed by atoms with Crippen LogP contribution in [-0.4, -0.2) is 36.0 Å². The van der Waals surface area contributed by atoms with Crippen LogP contribution in [0.25, 0.3) is 0 Å². The van der Waals surface area contributed by atoms with Gasteiger partial charge in [-0.2, -0.15) is 0 Å². The molecule has 2 aromatic carbocycles. The predicted octanol–water partition coefficient (Wildman–Crippen LogP) is 3.21. The van der Waals surface area contributed by atoms with Gasteiger partial charge in [0.05, 0.1) is 6.04 Å². The fourth-order valence-corrected chi connectivity index (χ4v) is 3.73. The molecule has 2 N–H and O–H groups in total. The number of hydrogen-bond donors (Lipinski definition) is 2. The third kappa shape index (κ3) is 5.07. The molecule has 0 spiro atoms. The van der Waals surface area contributed by atoms with Crippen molar-refractivity contribution in [2.75, 3.05) is 13.1 Å². The summed E-state index contributed by atoms with van der Waals surface area (Å²) in [7, 11) is 0. The highest BCUT2D eigenvalue weighted by molar-refractivity contribution is 6.30. The largest absolute Gasteiger partial charge is 0.355 e. The fourth-order valence-electron chi connectivity index (χ4n) is 3.52. The second-order valence-electron chi connectivity index (χ2n) is 6.77. The Bertz CT molecular complexity index is 722. The van der Waals surface area contributed by atoms with Crippen LogP contribution >= 0.6 is 11.6 Å². The number of likely N-dealkylation sites (tertiary alicyclic amines) is 1. The van der Waals surface area contributed by atoms with Crippen molar-refractivity contribution >= 4 is 17.5 Å². The summed E-state index contributed by atoms with van der Waals surface area (Å²) in [4.78, 5) is 14.8. The molecule has 1 fully saturated rings. The lowest BCUT2D eigenvalue weighted by Crippen LogP contribution is -2.42. The van der Waals surface area contributed by atoms with E-state index in [-0.39, 0.29) is 18.0 Å². The molecule has 0 aromatic heterocycles. The smallest absolute Gasteiger partial charge is 0.237 e. The van der Waals surface area contributed by atoms with Gasteiger partial charge in [-0.25, -0.2) is 0 Å². The van der Waals surface area contributed by atoms with E-state index in [0.29, 0.717) is 6.54 Å². The molecule has 3 rings (SSSR count). The molecule has 138 valence electrons. The summed E-state index contributed by atoms with van der Waals surface area (Å²) < 4.78 is 0. The van der Waals surface area contributed by atoms with E-state index in [1.54, 1.807) is 0 Å². The van der Waals surface area contributed by atoms with E-state index in [9.17, 15) is 4.79 Å². The summed E-state index contributed by atoms with van der Waals surface area (Å²) >= 11 is 6.06. The van der Waals surface area contributed by atoms with Crippen LogP contribution in [0.15, 0.2) is 54.6 Å². The molecule has 1 saturated heterocycles. The van der Waals surface area contributed by atoms with Gasteiger partial charge in [0, 0.05) is 37.2 Å². The Hall–Kier alpha value is -1.88. The highest BCUT2D eigenvalue weighted by atomic mass is 35.5. The number of amides is 1. The molecular formula is C21H26ClN3O. The van der Waals surface area contributed by atoms with Crippen molar-refractivity contribution in [3.05, 3.63) is 70.7 Å². The van der Waals surface area contributed by atoms with Gasteiger partial charge in [0.2, 0.25) is 5.91 Å². The number of nitrogens with zero attached hydrogens (tertiary/aromatic N) is 1. The van der Waals surface area contributed by atoms with Crippen LogP contribution in [0, 0.1) is 0 Å². The SMILES string of the molecule is CCNC(=O)[C@@H]1C[C@H](NCc2cccc(Cl)c2)CN1Cc1ccccc1. The molecule has 4 nitrogen and oxygen atoms in total. The number of benzene rings is 2. The molecule has 2 aromatic rings. The summed E-state index contributed by atoms with van der Waals surface area (Å²) in [5.74, 6) is 0.121. The lowest BCUT2D eigenvalue weighted by Gasteiger charge is -2.23. The Balaban J connectivity index is 1.64. The summed E-state index contributed by atoms with van der Waals surface area (Å²) in [5.41, 5.74) is 2.39. The molecule has 1 heterocycles. The van der Waals surface area contributed by atoms with Crippen molar-refractivity contribution in [1.82, 2.24) is 15.5 Å². The number of carbonyl (C=O) groups is 1. The zero-order valence-corrected chi connectivity index (χ0v) is 15.9. The summed E-state index contributed by atoms with van der Waals surface area (Å²) in [5, 5.41) is 7.32. The minimum atomic E-state index is -0.0907. The van der Waals surface area contributed by atoms with Gasteiger partial charge in [0.1, 0.15) is 0 Å². The zero-order chi connectivity index (χ0) is 18.4. The van der Waals surface area contributed by atoms with Crippen LogP contribution in [0.5, 0.6) is 0 Å². The highest BCUT2D eigenvalue weighted by Crippen LogP contribution is 2.22. The van der Waals surface area contributed by atoms with Crippen LogP contribution < -0.4 is 10.6 Å². The summed E-state index contributed by atoms with van der Waals surface area (Å²) in [6, 6.07) is 18.4. The topological polar surface area (TPSA) is 44.4 Å². The quantitative estimate of drug-likeness (QED) is 0.785. The third-order valence-corrected chi connectivity index (χ3v) is 5.00. The van der Waals surface area contributed by atoms with Gasteiger partial charge in [0.25, 0.3) is 0 Å². The van der Waals surface area contributed by atoms with Crippen molar-refractivity contribution in [2.45, 2.75) is 38.5 Å². The van der Waals surface area contributed by atoms with Crippen LogP contribution in [0.3, 0.4) is 0 Å². The second-order valence-corrected chi connectivity index (χ2v) is 7.21. The molecule has 1 amide bonds. The normalized spacial score (nSPS) is 20.2. The number of hydrogen-bond acceptors (Lipinski definition) is 3. The highest BCUT2D eigenvalue weighted by Gasteiger charge is 2.36. The Kier molecular flexibility index (Phi) is 6.67. The number of rotatable bonds is 7. The Morgan fingerprint density at radius 1 is 1.15 bits per heavy atom. The molecule has 0 radical (unpaired) electrons. The number of carbonyl (C=O) groups excluding carboxylic acids is 1. The molecule has 0 bridgehead atoms. The zero-order valence-electron chi connectivity index (χ0n) is 15.1.